The smallest absolute Gasteiger partial charge is 0.231 e. The summed E-state index contributed by atoms with van der Waals surface area (Å²) in [4.78, 5) is 2.30. The average Bonchev–Trinajstić information content (AvgIpc) is 2.71. The van der Waals surface area contributed by atoms with Crippen molar-refractivity contribution in [2.45, 2.75) is 26.0 Å². The van der Waals surface area contributed by atoms with Crippen molar-refractivity contribution < 1.29 is 19.3 Å². The summed E-state index contributed by atoms with van der Waals surface area (Å²) in [6.45, 7) is 5.69. The van der Waals surface area contributed by atoms with Crippen LogP contribution in [0.1, 0.15) is 18.9 Å². The topological polar surface area (TPSA) is 51.2 Å². The Bertz CT molecular complexity index is 463. The van der Waals surface area contributed by atoms with E-state index in [1.165, 1.54) is 0 Å². The van der Waals surface area contributed by atoms with Gasteiger partial charge in [-0.2, -0.15) is 0 Å². The molecule has 0 saturated carbocycles. The maximum atomic E-state index is 10.0. The molecule has 19 heavy (non-hydrogen) atoms. The Balaban J connectivity index is 1.75. The number of hydrogen-bond donors (Lipinski definition) is 1. The molecule has 5 heteroatoms. The van der Waals surface area contributed by atoms with Gasteiger partial charge in [-0.3, -0.25) is 4.90 Å². The van der Waals surface area contributed by atoms with Crippen LogP contribution in [0.25, 0.3) is 0 Å². The van der Waals surface area contributed by atoms with Gasteiger partial charge >= 0.3 is 0 Å². The minimum atomic E-state index is 0.229. The number of aromatic hydroxyl groups is 1. The number of benzene rings is 1. The van der Waals surface area contributed by atoms with E-state index in [0.717, 1.165) is 31.7 Å². The molecule has 1 aromatic carbocycles. The molecule has 1 unspecified atom stereocenters. The molecule has 2 aliphatic heterocycles. The first-order valence-corrected chi connectivity index (χ1v) is 6.68. The average molecular weight is 265 g/mol. The Kier molecular flexibility index (Phi) is 3.48. The standard InChI is InChI=1S/C14H19NO4/c1-10-7-15(3-2-4-17-10)8-11-5-13-14(6-12(11)16)19-9-18-13/h5-6,10,16H,2-4,7-9H2,1H3. The van der Waals surface area contributed by atoms with Crippen LogP contribution in [0.5, 0.6) is 17.2 Å². The first kappa shape index (κ1) is 12.6. The summed E-state index contributed by atoms with van der Waals surface area (Å²) >= 11 is 0. The summed E-state index contributed by atoms with van der Waals surface area (Å²) in [6, 6.07) is 3.50. The van der Waals surface area contributed by atoms with Gasteiger partial charge in [-0.25, -0.2) is 0 Å². The van der Waals surface area contributed by atoms with E-state index in [1.54, 1.807) is 6.07 Å². The van der Waals surface area contributed by atoms with Crippen molar-refractivity contribution in [1.82, 2.24) is 4.90 Å². The molecular weight excluding hydrogens is 246 g/mol. The third-order valence-corrected chi connectivity index (χ3v) is 3.50. The first-order chi connectivity index (χ1) is 9.22. The fraction of sp³-hybridized carbons (Fsp3) is 0.571. The fourth-order valence-corrected chi connectivity index (χ4v) is 2.56. The van der Waals surface area contributed by atoms with Crippen LogP contribution in [0, 0.1) is 0 Å². The second-order valence-electron chi connectivity index (χ2n) is 5.10. The summed E-state index contributed by atoms with van der Waals surface area (Å²) in [5, 5.41) is 10.0. The molecule has 3 rings (SSSR count). The third-order valence-electron chi connectivity index (χ3n) is 3.50. The van der Waals surface area contributed by atoms with Gasteiger partial charge in [0.1, 0.15) is 5.75 Å². The van der Waals surface area contributed by atoms with Crippen LogP contribution >= 0.6 is 0 Å². The fourth-order valence-electron chi connectivity index (χ4n) is 2.56. The van der Waals surface area contributed by atoms with Crippen molar-refractivity contribution in [3.8, 4) is 17.2 Å². The molecule has 0 spiro atoms. The van der Waals surface area contributed by atoms with Gasteiger partial charge in [-0.05, 0) is 19.4 Å². The van der Waals surface area contributed by atoms with Crippen molar-refractivity contribution in [2.75, 3.05) is 26.5 Å². The molecule has 0 aromatic heterocycles. The highest BCUT2D eigenvalue weighted by Crippen LogP contribution is 2.38. The monoisotopic (exact) mass is 265 g/mol. The maximum Gasteiger partial charge on any atom is 0.231 e. The zero-order valence-corrected chi connectivity index (χ0v) is 11.1. The SMILES string of the molecule is CC1CN(Cc2cc3c(cc2O)OCO3)CCCO1. The summed E-state index contributed by atoms with van der Waals surface area (Å²) in [7, 11) is 0. The Morgan fingerprint density at radius 3 is 2.95 bits per heavy atom. The lowest BCUT2D eigenvalue weighted by Gasteiger charge is -2.22. The molecule has 0 amide bonds. The van der Waals surface area contributed by atoms with Crippen LogP contribution in [0.4, 0.5) is 0 Å². The van der Waals surface area contributed by atoms with Crippen LogP contribution in [-0.2, 0) is 11.3 Å². The number of nitrogens with zero attached hydrogens (tertiary/aromatic N) is 1. The molecule has 5 nitrogen and oxygen atoms in total. The Labute approximate surface area is 112 Å². The molecule has 0 radical (unpaired) electrons. The second-order valence-corrected chi connectivity index (χ2v) is 5.10. The second kappa shape index (κ2) is 5.27. The van der Waals surface area contributed by atoms with Crippen molar-refractivity contribution in [3.05, 3.63) is 17.7 Å². The van der Waals surface area contributed by atoms with Gasteiger partial charge in [0, 0.05) is 37.9 Å². The molecule has 1 saturated heterocycles. The molecule has 1 atom stereocenters. The van der Waals surface area contributed by atoms with Crippen molar-refractivity contribution in [3.63, 3.8) is 0 Å². The summed E-state index contributed by atoms with van der Waals surface area (Å²) in [6.07, 6.45) is 1.26. The van der Waals surface area contributed by atoms with Crippen LogP contribution in [0.3, 0.4) is 0 Å². The number of hydrogen-bond acceptors (Lipinski definition) is 5. The van der Waals surface area contributed by atoms with Gasteiger partial charge < -0.3 is 19.3 Å². The number of rotatable bonds is 2. The lowest BCUT2D eigenvalue weighted by atomic mass is 10.1. The minimum absolute atomic E-state index is 0.229. The number of fused-ring (bicyclic) bond motifs is 1. The van der Waals surface area contributed by atoms with Gasteiger partial charge in [0.25, 0.3) is 0 Å². The molecule has 2 heterocycles. The lowest BCUT2D eigenvalue weighted by Crippen LogP contribution is -2.29. The molecule has 0 bridgehead atoms. The molecule has 1 fully saturated rings. The van der Waals surface area contributed by atoms with Crippen molar-refractivity contribution >= 4 is 0 Å². The zero-order chi connectivity index (χ0) is 13.2. The van der Waals surface area contributed by atoms with E-state index in [9.17, 15) is 5.11 Å². The predicted molar refractivity (Wildman–Crippen MR) is 69.5 cm³/mol. The summed E-state index contributed by atoms with van der Waals surface area (Å²) < 4.78 is 16.2. The Morgan fingerprint density at radius 1 is 1.32 bits per heavy atom. The van der Waals surface area contributed by atoms with Crippen LogP contribution < -0.4 is 9.47 Å². The van der Waals surface area contributed by atoms with Gasteiger partial charge in [-0.15, -0.1) is 0 Å². The molecule has 0 aliphatic carbocycles. The van der Waals surface area contributed by atoms with Crippen molar-refractivity contribution in [2.24, 2.45) is 0 Å². The molecule has 104 valence electrons. The molecule has 1 aromatic rings. The van der Waals surface area contributed by atoms with E-state index in [1.807, 2.05) is 6.07 Å². The zero-order valence-electron chi connectivity index (χ0n) is 11.1. The molecular formula is C14H19NO4. The Morgan fingerprint density at radius 2 is 2.11 bits per heavy atom. The molecule has 2 aliphatic rings. The number of ether oxygens (including phenoxy) is 3. The normalized spacial score (nSPS) is 23.3. The van der Waals surface area contributed by atoms with Gasteiger partial charge in [0.2, 0.25) is 6.79 Å². The van der Waals surface area contributed by atoms with E-state index in [2.05, 4.69) is 11.8 Å². The summed E-state index contributed by atoms with van der Waals surface area (Å²) in [5.74, 6) is 1.60. The Hall–Kier alpha value is -1.46. The number of phenolic OH excluding ortho intramolecular Hbond substituents is 1. The minimum Gasteiger partial charge on any atom is -0.507 e. The first-order valence-electron chi connectivity index (χ1n) is 6.68. The van der Waals surface area contributed by atoms with Gasteiger partial charge in [-0.1, -0.05) is 0 Å². The van der Waals surface area contributed by atoms with E-state index in [4.69, 9.17) is 14.2 Å². The van der Waals surface area contributed by atoms with Crippen LogP contribution in [0.2, 0.25) is 0 Å². The highest BCUT2D eigenvalue weighted by Gasteiger charge is 2.20. The quantitative estimate of drug-likeness (QED) is 0.882. The highest BCUT2D eigenvalue weighted by atomic mass is 16.7. The third kappa shape index (κ3) is 2.77. The van der Waals surface area contributed by atoms with Crippen LogP contribution in [0.15, 0.2) is 12.1 Å². The maximum absolute atomic E-state index is 10.0. The van der Waals surface area contributed by atoms with E-state index in [-0.39, 0.29) is 18.6 Å². The lowest BCUT2D eigenvalue weighted by molar-refractivity contribution is 0.0667. The largest absolute Gasteiger partial charge is 0.507 e. The van der Waals surface area contributed by atoms with E-state index < -0.39 is 0 Å². The van der Waals surface area contributed by atoms with E-state index in [0.29, 0.717) is 18.0 Å². The predicted octanol–water partition coefficient (Wildman–Crippen LogP) is 1.73. The van der Waals surface area contributed by atoms with E-state index >= 15 is 0 Å². The van der Waals surface area contributed by atoms with Gasteiger partial charge in [0.15, 0.2) is 11.5 Å². The van der Waals surface area contributed by atoms with Gasteiger partial charge in [0.05, 0.1) is 6.10 Å². The number of phenols is 1. The summed E-state index contributed by atoms with van der Waals surface area (Å²) in [5.41, 5.74) is 0.873. The van der Waals surface area contributed by atoms with Crippen LogP contribution in [-0.4, -0.2) is 42.6 Å². The van der Waals surface area contributed by atoms with Crippen molar-refractivity contribution in [1.29, 1.82) is 0 Å². The molecule has 1 N–H and O–H groups in total. The highest BCUT2D eigenvalue weighted by molar-refractivity contribution is 5.51.